The van der Waals surface area contributed by atoms with Gasteiger partial charge in [0.2, 0.25) is 0 Å². The fraction of sp³-hybridized carbons (Fsp3) is 0. The maximum atomic E-state index is 0. The summed E-state index contributed by atoms with van der Waals surface area (Å²) in [4.78, 5) is 0. The van der Waals surface area contributed by atoms with Gasteiger partial charge < -0.3 is 11.0 Å². The minimum atomic E-state index is 0. The summed E-state index contributed by atoms with van der Waals surface area (Å²) >= 11 is 0. The summed E-state index contributed by atoms with van der Waals surface area (Å²) in [5.41, 5.74) is 0. The van der Waals surface area contributed by atoms with Crippen LogP contribution in [0.25, 0.3) is 0 Å². The van der Waals surface area contributed by atoms with Gasteiger partial charge in [-0.05, 0) is 0 Å². The van der Waals surface area contributed by atoms with Crippen molar-refractivity contribution < 1.29 is 33.3 Å². The second-order valence-electron chi connectivity index (χ2n) is 0. The molecule has 0 saturated heterocycles. The molecular formula is H9AuCl4NaO2. The molecule has 0 aromatic carbocycles. The molecule has 0 aromatic heterocycles. The van der Waals surface area contributed by atoms with Crippen LogP contribution in [0.5, 0.6) is 0 Å². The van der Waals surface area contributed by atoms with Crippen LogP contribution in [-0.2, 0) is 22.4 Å². The normalized spacial score (nSPS) is 0. The molecule has 0 aliphatic rings. The average Bonchev–Trinajstić information content (AvgIpc) is 0. The summed E-state index contributed by atoms with van der Waals surface area (Å²) in [6, 6.07) is 0. The van der Waals surface area contributed by atoms with Crippen LogP contribution in [0.4, 0.5) is 0 Å². The quantitative estimate of drug-likeness (QED) is 0.485. The minimum absolute atomic E-state index is 0. The van der Waals surface area contributed by atoms with E-state index < -0.39 is 0 Å². The van der Waals surface area contributed by atoms with E-state index in [4.69, 9.17) is 0 Å². The van der Waals surface area contributed by atoms with E-state index in [1.54, 1.807) is 0 Å². The zero-order valence-corrected chi connectivity index (χ0v) is 8.37. The Morgan fingerprint density at radius 1 is 0.500 bits per heavy atom. The first-order chi connectivity index (χ1) is 0. The summed E-state index contributed by atoms with van der Waals surface area (Å²) < 4.78 is 0. The fourth-order valence-electron chi connectivity index (χ4n) is 0. The Morgan fingerprint density at radius 2 is 0.500 bits per heavy atom. The van der Waals surface area contributed by atoms with Gasteiger partial charge in [-0.3, -0.25) is 0 Å². The molecule has 2 nitrogen and oxygen atoms in total. The molecule has 0 rings (SSSR count). The van der Waals surface area contributed by atoms with Gasteiger partial charge in [-0.2, -0.15) is 0 Å². The molecule has 0 saturated carbocycles. The second kappa shape index (κ2) is 96.1. The maximum absolute atomic E-state index is 0. The van der Waals surface area contributed by atoms with Crippen LogP contribution in [0.2, 0.25) is 0 Å². The van der Waals surface area contributed by atoms with Crippen molar-refractivity contribution >= 4 is 79.2 Å². The van der Waals surface area contributed by atoms with E-state index in [9.17, 15) is 0 Å². The van der Waals surface area contributed by atoms with E-state index in [-0.39, 0.29) is 113 Å². The molecule has 0 heterocycles. The van der Waals surface area contributed by atoms with E-state index in [0.717, 1.165) is 0 Å². The van der Waals surface area contributed by atoms with E-state index >= 15 is 0 Å². The van der Waals surface area contributed by atoms with Gasteiger partial charge in [-0.15, -0.1) is 49.6 Å². The first-order valence-corrected chi connectivity index (χ1v) is 0. The monoisotopic (exact) mass is 401 g/mol. The molecule has 8 heteroatoms. The van der Waals surface area contributed by atoms with Gasteiger partial charge >= 0.3 is 29.6 Å². The Morgan fingerprint density at radius 3 is 0.500 bits per heavy atom. The van der Waals surface area contributed by atoms with Crippen LogP contribution in [0.3, 0.4) is 0 Å². The van der Waals surface area contributed by atoms with Crippen molar-refractivity contribution in [3.8, 4) is 0 Å². The summed E-state index contributed by atoms with van der Waals surface area (Å²) in [5, 5.41) is 0. The van der Waals surface area contributed by atoms with Crippen molar-refractivity contribution in [3.05, 3.63) is 0 Å². The van der Waals surface area contributed by atoms with Crippen LogP contribution in [-0.4, -0.2) is 40.5 Å². The Hall–Kier alpha value is 2.82. The first-order valence-electron chi connectivity index (χ1n) is 0. The Kier molecular flexibility index (Phi) is 1580. The first kappa shape index (κ1) is 131. The number of rotatable bonds is 0. The van der Waals surface area contributed by atoms with Gasteiger partial charge in [0.05, 0.1) is 0 Å². The standard InChI is InChI=1S/Au.4ClH.Na.2H2O.H/h;4*1H;;2*1H2;. The summed E-state index contributed by atoms with van der Waals surface area (Å²) in [6.07, 6.45) is 0. The summed E-state index contributed by atoms with van der Waals surface area (Å²) in [7, 11) is 0. The zero-order chi connectivity index (χ0) is 0. The van der Waals surface area contributed by atoms with Crippen LogP contribution in [0.1, 0.15) is 0 Å². The van der Waals surface area contributed by atoms with Crippen molar-refractivity contribution in [3.63, 3.8) is 0 Å². The van der Waals surface area contributed by atoms with E-state index in [2.05, 4.69) is 0 Å². The SMILES string of the molecule is Cl.Cl.Cl.Cl.O.O.[Au].[NaH]. The number of hydrogen-bond acceptors (Lipinski definition) is 0. The van der Waals surface area contributed by atoms with E-state index in [1.807, 2.05) is 0 Å². The molecule has 0 aliphatic heterocycles. The van der Waals surface area contributed by atoms with Crippen LogP contribution in [0, 0.1) is 0 Å². The van der Waals surface area contributed by atoms with Gasteiger partial charge in [0.1, 0.15) is 0 Å². The van der Waals surface area contributed by atoms with Gasteiger partial charge in [-0.1, -0.05) is 0 Å². The van der Waals surface area contributed by atoms with Crippen molar-refractivity contribution in [1.29, 1.82) is 0 Å². The molecule has 0 aliphatic carbocycles. The molecule has 8 heavy (non-hydrogen) atoms. The van der Waals surface area contributed by atoms with E-state index in [0.29, 0.717) is 0 Å². The third-order valence-electron chi connectivity index (χ3n) is 0. The Balaban J connectivity index is 0. The molecular weight excluding hydrogens is 394 g/mol. The second-order valence-corrected chi connectivity index (χ2v) is 0. The van der Waals surface area contributed by atoms with Crippen LogP contribution >= 0.6 is 49.6 Å². The van der Waals surface area contributed by atoms with Crippen molar-refractivity contribution in [2.45, 2.75) is 0 Å². The molecule has 0 spiro atoms. The average molecular weight is 403 g/mol. The molecule has 0 amide bonds. The van der Waals surface area contributed by atoms with Crippen LogP contribution < -0.4 is 0 Å². The predicted octanol–water partition coefficient (Wildman–Crippen LogP) is -0.613. The number of halogens is 4. The molecule has 4 N–H and O–H groups in total. The molecule has 61 valence electrons. The number of hydrogen-bond donors (Lipinski definition) is 0. The molecule has 0 aromatic rings. The molecule has 1 radical (unpaired) electrons. The Labute approximate surface area is 111 Å². The molecule has 0 atom stereocenters. The summed E-state index contributed by atoms with van der Waals surface area (Å²) in [5.74, 6) is 0. The van der Waals surface area contributed by atoms with Crippen molar-refractivity contribution in [1.82, 2.24) is 0 Å². The van der Waals surface area contributed by atoms with Gasteiger partial charge in [-0.25, -0.2) is 0 Å². The molecule has 0 bridgehead atoms. The topological polar surface area (TPSA) is 63.0 Å². The van der Waals surface area contributed by atoms with Crippen molar-refractivity contribution in [2.24, 2.45) is 0 Å². The predicted molar refractivity (Wildman–Crippen MR) is 43.4 cm³/mol. The third-order valence-corrected chi connectivity index (χ3v) is 0. The molecule has 0 unspecified atom stereocenters. The van der Waals surface area contributed by atoms with Crippen LogP contribution in [0.15, 0.2) is 0 Å². The van der Waals surface area contributed by atoms with E-state index in [1.165, 1.54) is 0 Å². The van der Waals surface area contributed by atoms with Gasteiger partial charge in [0, 0.05) is 22.4 Å². The van der Waals surface area contributed by atoms with Gasteiger partial charge in [0.15, 0.2) is 0 Å². The van der Waals surface area contributed by atoms with Gasteiger partial charge in [0.25, 0.3) is 0 Å². The third kappa shape index (κ3) is 67.8. The Bertz CT molecular complexity index is 14.0. The zero-order valence-electron chi connectivity index (χ0n) is 2.93. The molecule has 0 fully saturated rings. The fourth-order valence-corrected chi connectivity index (χ4v) is 0. The van der Waals surface area contributed by atoms with Crippen molar-refractivity contribution in [2.75, 3.05) is 0 Å². The summed E-state index contributed by atoms with van der Waals surface area (Å²) in [6.45, 7) is 0.